The standard InChI is InChI=1S/C13H20O2.H2O/c14-12-9-4-3-6-11(12)13(15)7-2-1-5-10(13)8-9;/h9-11,15H,1-8H2;1H2/t9?,10?,11-,13?;/m1./s1. The van der Waals surface area contributed by atoms with Crippen molar-refractivity contribution in [1.29, 1.82) is 0 Å². The summed E-state index contributed by atoms with van der Waals surface area (Å²) in [5.74, 6) is 1.11. The molecule has 0 heterocycles. The normalized spacial score (nSPS) is 46.8. The Balaban J connectivity index is 0.000000963. The molecule has 3 heteroatoms. The average molecular weight is 226 g/mol. The van der Waals surface area contributed by atoms with Crippen LogP contribution in [0.1, 0.15) is 51.4 Å². The second kappa shape index (κ2) is 4.11. The second-order valence-electron chi connectivity index (χ2n) is 5.75. The monoisotopic (exact) mass is 226 g/mol. The maximum absolute atomic E-state index is 12.1. The highest BCUT2D eigenvalue weighted by atomic mass is 16.3. The van der Waals surface area contributed by atoms with Crippen LogP contribution in [0.2, 0.25) is 0 Å². The van der Waals surface area contributed by atoms with Crippen LogP contribution in [0.25, 0.3) is 0 Å². The first-order chi connectivity index (χ1) is 7.22. The van der Waals surface area contributed by atoms with Crippen LogP contribution in [-0.4, -0.2) is 22.0 Å². The van der Waals surface area contributed by atoms with Crippen molar-refractivity contribution in [1.82, 2.24) is 0 Å². The van der Waals surface area contributed by atoms with Crippen molar-refractivity contribution in [3.63, 3.8) is 0 Å². The number of hydrogen-bond acceptors (Lipinski definition) is 2. The Labute approximate surface area is 96.5 Å². The van der Waals surface area contributed by atoms with Gasteiger partial charge in [-0.15, -0.1) is 0 Å². The Morgan fingerprint density at radius 1 is 1.12 bits per heavy atom. The van der Waals surface area contributed by atoms with E-state index in [1.54, 1.807) is 0 Å². The Morgan fingerprint density at radius 3 is 2.75 bits per heavy atom. The molecule has 0 saturated heterocycles. The number of carbonyl (C=O) groups is 1. The van der Waals surface area contributed by atoms with Gasteiger partial charge in [0, 0.05) is 11.8 Å². The van der Waals surface area contributed by atoms with Gasteiger partial charge >= 0.3 is 0 Å². The minimum absolute atomic E-state index is 0. The zero-order chi connectivity index (χ0) is 10.5. The quantitative estimate of drug-likeness (QED) is 0.679. The van der Waals surface area contributed by atoms with E-state index < -0.39 is 5.60 Å². The van der Waals surface area contributed by atoms with Crippen LogP contribution in [-0.2, 0) is 4.79 Å². The molecule has 3 aliphatic carbocycles. The van der Waals surface area contributed by atoms with E-state index in [9.17, 15) is 9.90 Å². The molecule has 3 fully saturated rings. The molecule has 0 aromatic rings. The fourth-order valence-corrected chi connectivity index (χ4v) is 4.24. The summed E-state index contributed by atoms with van der Waals surface area (Å²) in [5, 5.41) is 10.8. The molecule has 0 aliphatic heterocycles. The molecule has 3 saturated carbocycles. The molecule has 0 aromatic carbocycles. The van der Waals surface area contributed by atoms with E-state index in [0.29, 0.717) is 17.6 Å². The lowest BCUT2D eigenvalue weighted by atomic mass is 9.55. The fraction of sp³-hybridized carbons (Fsp3) is 0.923. The predicted octanol–water partition coefficient (Wildman–Crippen LogP) is 1.47. The van der Waals surface area contributed by atoms with E-state index in [2.05, 4.69) is 0 Å². The molecule has 0 aromatic heterocycles. The van der Waals surface area contributed by atoms with Crippen LogP contribution < -0.4 is 0 Å². The topological polar surface area (TPSA) is 68.8 Å². The highest BCUT2D eigenvalue weighted by Crippen LogP contribution is 2.52. The van der Waals surface area contributed by atoms with Crippen LogP contribution in [0, 0.1) is 17.8 Å². The van der Waals surface area contributed by atoms with Crippen molar-refractivity contribution in [2.24, 2.45) is 17.8 Å². The minimum Gasteiger partial charge on any atom is -0.412 e. The summed E-state index contributed by atoms with van der Waals surface area (Å²) in [6.07, 6.45) is 8.55. The van der Waals surface area contributed by atoms with E-state index in [1.165, 1.54) is 6.42 Å². The Bertz CT molecular complexity index is 289. The summed E-state index contributed by atoms with van der Waals surface area (Å²) in [5.41, 5.74) is -0.605. The van der Waals surface area contributed by atoms with Gasteiger partial charge in [-0.1, -0.05) is 19.3 Å². The van der Waals surface area contributed by atoms with Gasteiger partial charge < -0.3 is 10.6 Å². The van der Waals surface area contributed by atoms with Gasteiger partial charge in [0.25, 0.3) is 0 Å². The largest absolute Gasteiger partial charge is 0.412 e. The number of ketones is 1. The molecule has 3 rings (SSSR count). The van der Waals surface area contributed by atoms with Crippen LogP contribution in [0.15, 0.2) is 0 Å². The van der Waals surface area contributed by atoms with Gasteiger partial charge in [-0.05, 0) is 38.0 Å². The van der Waals surface area contributed by atoms with Crippen molar-refractivity contribution in [3.8, 4) is 0 Å². The minimum atomic E-state index is -0.605. The van der Waals surface area contributed by atoms with Gasteiger partial charge in [-0.2, -0.15) is 0 Å². The lowest BCUT2D eigenvalue weighted by Crippen LogP contribution is -2.57. The Morgan fingerprint density at radius 2 is 1.94 bits per heavy atom. The zero-order valence-electron chi connectivity index (χ0n) is 9.74. The van der Waals surface area contributed by atoms with Gasteiger partial charge in [0.05, 0.1) is 5.60 Å². The molecular weight excluding hydrogens is 204 g/mol. The summed E-state index contributed by atoms with van der Waals surface area (Å²) >= 11 is 0. The SMILES string of the molecule is O.O=C1C2CCC[C@H]1C1(O)CCCCC1C2. The van der Waals surface area contributed by atoms with Crippen molar-refractivity contribution >= 4 is 5.78 Å². The molecule has 3 nitrogen and oxygen atoms in total. The summed E-state index contributed by atoms with van der Waals surface area (Å²) in [4.78, 5) is 12.1. The lowest BCUT2D eigenvalue weighted by molar-refractivity contribution is -0.167. The van der Waals surface area contributed by atoms with Crippen LogP contribution >= 0.6 is 0 Å². The summed E-state index contributed by atoms with van der Waals surface area (Å²) in [6.45, 7) is 0. The molecule has 16 heavy (non-hydrogen) atoms. The molecule has 4 atom stereocenters. The number of aliphatic hydroxyl groups is 1. The van der Waals surface area contributed by atoms with Gasteiger partial charge in [-0.3, -0.25) is 4.79 Å². The van der Waals surface area contributed by atoms with Crippen LogP contribution in [0.4, 0.5) is 0 Å². The van der Waals surface area contributed by atoms with Gasteiger partial charge in [0.2, 0.25) is 0 Å². The van der Waals surface area contributed by atoms with Crippen molar-refractivity contribution < 1.29 is 15.4 Å². The molecule has 2 bridgehead atoms. The van der Waals surface area contributed by atoms with Crippen LogP contribution in [0.3, 0.4) is 0 Å². The number of fused-ring (bicyclic) bond motifs is 4. The smallest absolute Gasteiger partial charge is 0.141 e. The Kier molecular flexibility index (Phi) is 3.10. The van der Waals surface area contributed by atoms with E-state index in [4.69, 9.17) is 0 Å². The molecular formula is C13H22O3. The summed E-state index contributed by atoms with van der Waals surface area (Å²) < 4.78 is 0. The van der Waals surface area contributed by atoms with Crippen molar-refractivity contribution in [2.45, 2.75) is 57.0 Å². The van der Waals surface area contributed by atoms with E-state index in [0.717, 1.165) is 44.9 Å². The van der Waals surface area contributed by atoms with Gasteiger partial charge in [-0.25, -0.2) is 0 Å². The first kappa shape index (κ1) is 12.1. The maximum atomic E-state index is 12.1. The third-order valence-corrected chi connectivity index (χ3v) is 5.05. The van der Waals surface area contributed by atoms with Crippen molar-refractivity contribution in [2.75, 3.05) is 0 Å². The average Bonchev–Trinajstić information content (AvgIpc) is 2.21. The number of Topliss-reactive ketones (excluding diaryl/α,β-unsaturated/α-hetero) is 1. The van der Waals surface area contributed by atoms with E-state index in [1.807, 2.05) is 0 Å². The van der Waals surface area contributed by atoms with E-state index in [-0.39, 0.29) is 11.4 Å². The van der Waals surface area contributed by atoms with E-state index >= 15 is 0 Å². The fourth-order valence-electron chi connectivity index (χ4n) is 4.24. The summed E-state index contributed by atoms with van der Waals surface area (Å²) in [6, 6.07) is 0. The second-order valence-corrected chi connectivity index (χ2v) is 5.75. The number of carbonyl (C=O) groups excluding carboxylic acids is 1. The van der Waals surface area contributed by atoms with Crippen LogP contribution in [0.5, 0.6) is 0 Å². The van der Waals surface area contributed by atoms with Gasteiger partial charge in [0.1, 0.15) is 5.78 Å². The Hall–Kier alpha value is -0.410. The highest BCUT2D eigenvalue weighted by molar-refractivity contribution is 5.86. The molecule has 3 N–H and O–H groups in total. The molecule has 92 valence electrons. The first-order valence-corrected chi connectivity index (χ1v) is 6.48. The number of hydrogen-bond donors (Lipinski definition) is 1. The number of rotatable bonds is 0. The van der Waals surface area contributed by atoms with Crippen molar-refractivity contribution in [3.05, 3.63) is 0 Å². The first-order valence-electron chi connectivity index (χ1n) is 6.48. The third-order valence-electron chi connectivity index (χ3n) is 5.05. The molecule has 3 unspecified atom stereocenters. The zero-order valence-corrected chi connectivity index (χ0v) is 9.74. The van der Waals surface area contributed by atoms with Gasteiger partial charge in [0.15, 0.2) is 0 Å². The predicted molar refractivity (Wildman–Crippen MR) is 61.0 cm³/mol. The highest BCUT2D eigenvalue weighted by Gasteiger charge is 2.55. The lowest BCUT2D eigenvalue weighted by Gasteiger charge is -2.52. The third kappa shape index (κ3) is 1.52. The summed E-state index contributed by atoms with van der Waals surface area (Å²) in [7, 11) is 0. The molecule has 3 aliphatic rings. The molecule has 0 spiro atoms. The maximum Gasteiger partial charge on any atom is 0.141 e. The molecule has 0 amide bonds. The molecule has 0 radical (unpaired) electrons.